The van der Waals surface area contributed by atoms with Gasteiger partial charge in [-0.1, -0.05) is 39.8 Å². The van der Waals surface area contributed by atoms with Crippen LogP contribution in [0.5, 0.6) is 5.75 Å². The molecule has 1 aromatic rings. The maximum absolute atomic E-state index is 5.93. The van der Waals surface area contributed by atoms with Gasteiger partial charge in [0.15, 0.2) is 0 Å². The summed E-state index contributed by atoms with van der Waals surface area (Å²) in [4.78, 5) is 2.44. The third-order valence-electron chi connectivity index (χ3n) is 3.07. The molecule has 0 unspecified atom stereocenters. The molecule has 0 bridgehead atoms. The van der Waals surface area contributed by atoms with Gasteiger partial charge in [-0.3, -0.25) is 4.90 Å². The largest absolute Gasteiger partial charge is 0.488 e. The van der Waals surface area contributed by atoms with Crippen LogP contribution >= 0.6 is 0 Å². The second-order valence-corrected chi connectivity index (χ2v) is 4.50. The van der Waals surface area contributed by atoms with E-state index >= 15 is 0 Å². The highest BCUT2D eigenvalue weighted by atomic mass is 16.5. The van der Waals surface area contributed by atoms with Crippen LogP contribution in [-0.2, 0) is 6.42 Å². The molecule has 1 aromatic carbocycles. The molecule has 0 atom stereocenters. The van der Waals surface area contributed by atoms with Gasteiger partial charge in [0.25, 0.3) is 0 Å². The molecule has 0 amide bonds. The molecule has 2 heteroatoms. The quantitative estimate of drug-likeness (QED) is 0.788. The fourth-order valence-electron chi connectivity index (χ4n) is 2.13. The maximum Gasteiger partial charge on any atom is 0.124 e. The van der Waals surface area contributed by atoms with Crippen LogP contribution in [0.4, 0.5) is 0 Å². The Morgan fingerprint density at radius 2 is 1.94 bits per heavy atom. The average molecular weight is 249 g/mol. The molecule has 0 radical (unpaired) electrons. The maximum atomic E-state index is 5.93. The molecule has 0 aromatic heterocycles. The molecule has 1 aliphatic heterocycles. The van der Waals surface area contributed by atoms with Crippen molar-refractivity contribution >= 4 is 0 Å². The molecule has 2 nitrogen and oxygen atoms in total. The minimum Gasteiger partial charge on any atom is -0.488 e. The molecule has 18 heavy (non-hydrogen) atoms. The molecule has 1 heterocycles. The Bertz CT molecular complexity index is 332. The van der Waals surface area contributed by atoms with Crippen LogP contribution in [0.1, 0.15) is 39.7 Å². The minimum atomic E-state index is 0.402. The van der Waals surface area contributed by atoms with E-state index in [1.165, 1.54) is 18.5 Å². The van der Waals surface area contributed by atoms with Gasteiger partial charge in [-0.25, -0.2) is 0 Å². The highest BCUT2D eigenvalue weighted by molar-refractivity contribution is 5.28. The number of ether oxygens (including phenoxy) is 1. The minimum absolute atomic E-state index is 0.402. The second-order valence-electron chi connectivity index (χ2n) is 4.50. The first kappa shape index (κ1) is 15.0. The predicted molar refractivity (Wildman–Crippen MR) is 78.3 cm³/mol. The Morgan fingerprint density at radius 3 is 2.56 bits per heavy atom. The first-order valence-electron chi connectivity index (χ1n) is 7.29. The summed E-state index contributed by atoms with van der Waals surface area (Å²) in [5.41, 5.74) is 1.35. The van der Waals surface area contributed by atoms with Crippen LogP contribution in [0.25, 0.3) is 0 Å². The monoisotopic (exact) mass is 249 g/mol. The molecule has 1 fully saturated rings. The molecular weight excluding hydrogens is 222 g/mol. The van der Waals surface area contributed by atoms with Crippen molar-refractivity contribution in [2.24, 2.45) is 0 Å². The van der Waals surface area contributed by atoms with Crippen molar-refractivity contribution < 1.29 is 4.74 Å². The topological polar surface area (TPSA) is 12.5 Å². The van der Waals surface area contributed by atoms with Gasteiger partial charge >= 0.3 is 0 Å². The normalized spacial score (nSPS) is 15.6. The predicted octanol–water partition coefficient (Wildman–Crippen LogP) is 3.75. The lowest BCUT2D eigenvalue weighted by molar-refractivity contribution is 0.0202. The fraction of sp³-hybridized carbons (Fsp3) is 0.625. The molecule has 0 saturated carbocycles. The summed E-state index contributed by atoms with van der Waals surface area (Å²) in [6.45, 7) is 11.8. The first-order chi connectivity index (χ1) is 8.81. The number of likely N-dealkylation sites (tertiary alicyclic amines) is 1. The molecule has 2 rings (SSSR count). The van der Waals surface area contributed by atoms with Gasteiger partial charge in [-0.2, -0.15) is 0 Å². The van der Waals surface area contributed by atoms with Crippen molar-refractivity contribution in [1.29, 1.82) is 0 Å². The third-order valence-corrected chi connectivity index (χ3v) is 3.07. The van der Waals surface area contributed by atoms with Crippen LogP contribution in [0.15, 0.2) is 24.3 Å². The van der Waals surface area contributed by atoms with Gasteiger partial charge in [0.1, 0.15) is 11.9 Å². The smallest absolute Gasteiger partial charge is 0.124 e. The highest BCUT2D eigenvalue weighted by Gasteiger charge is 2.27. The van der Waals surface area contributed by atoms with E-state index in [1.54, 1.807) is 0 Å². The van der Waals surface area contributed by atoms with Crippen molar-refractivity contribution in [3.05, 3.63) is 29.8 Å². The number of hydrogen-bond donors (Lipinski definition) is 0. The SMILES string of the molecule is CC.CCCN1CC(Oc2cccc(CC)c2)C1. The lowest BCUT2D eigenvalue weighted by Crippen LogP contribution is -2.53. The Balaban J connectivity index is 0.000000771. The molecule has 0 aliphatic carbocycles. The van der Waals surface area contributed by atoms with Crippen molar-refractivity contribution in [2.75, 3.05) is 19.6 Å². The van der Waals surface area contributed by atoms with E-state index in [9.17, 15) is 0 Å². The Labute approximate surface area is 112 Å². The van der Waals surface area contributed by atoms with Gasteiger partial charge in [0.2, 0.25) is 0 Å². The fourth-order valence-corrected chi connectivity index (χ4v) is 2.13. The van der Waals surface area contributed by atoms with E-state index in [-0.39, 0.29) is 0 Å². The zero-order chi connectivity index (χ0) is 13.4. The molecule has 0 N–H and O–H groups in total. The van der Waals surface area contributed by atoms with Crippen LogP contribution in [0.3, 0.4) is 0 Å². The summed E-state index contributed by atoms with van der Waals surface area (Å²) in [6.07, 6.45) is 2.71. The zero-order valence-electron chi connectivity index (χ0n) is 12.3. The van der Waals surface area contributed by atoms with Crippen LogP contribution in [-0.4, -0.2) is 30.6 Å². The van der Waals surface area contributed by atoms with E-state index in [0.29, 0.717) is 6.10 Å². The van der Waals surface area contributed by atoms with Gasteiger partial charge in [-0.05, 0) is 37.1 Å². The van der Waals surface area contributed by atoms with Crippen molar-refractivity contribution in [2.45, 2.75) is 46.6 Å². The second kappa shape index (κ2) is 8.15. The van der Waals surface area contributed by atoms with Crippen LogP contribution in [0, 0.1) is 0 Å². The number of benzene rings is 1. The highest BCUT2D eigenvalue weighted by Crippen LogP contribution is 2.19. The summed E-state index contributed by atoms with van der Waals surface area (Å²) >= 11 is 0. The van der Waals surface area contributed by atoms with Gasteiger partial charge in [0.05, 0.1) is 0 Å². The number of hydrogen-bond acceptors (Lipinski definition) is 2. The summed E-state index contributed by atoms with van der Waals surface area (Å²) in [5.74, 6) is 1.03. The third kappa shape index (κ3) is 4.34. The average Bonchev–Trinajstić information content (AvgIpc) is 2.39. The first-order valence-corrected chi connectivity index (χ1v) is 7.29. The summed E-state index contributed by atoms with van der Waals surface area (Å²) in [6, 6.07) is 8.44. The lowest BCUT2D eigenvalue weighted by Gasteiger charge is -2.38. The van der Waals surface area contributed by atoms with Gasteiger partial charge in [0, 0.05) is 13.1 Å². The van der Waals surface area contributed by atoms with Crippen molar-refractivity contribution in [1.82, 2.24) is 4.90 Å². The summed E-state index contributed by atoms with van der Waals surface area (Å²) < 4.78 is 5.93. The van der Waals surface area contributed by atoms with E-state index < -0.39 is 0 Å². The molecule has 1 aliphatic rings. The Kier molecular flexibility index (Phi) is 6.81. The van der Waals surface area contributed by atoms with Gasteiger partial charge in [-0.15, -0.1) is 0 Å². The van der Waals surface area contributed by atoms with E-state index in [0.717, 1.165) is 25.3 Å². The van der Waals surface area contributed by atoms with Crippen LogP contribution < -0.4 is 4.74 Å². The molecular formula is C16H27NO. The number of nitrogens with zero attached hydrogens (tertiary/aromatic N) is 1. The molecule has 0 spiro atoms. The number of aryl methyl sites for hydroxylation is 1. The van der Waals surface area contributed by atoms with E-state index in [1.807, 2.05) is 13.8 Å². The zero-order valence-corrected chi connectivity index (χ0v) is 12.3. The standard InChI is InChI=1S/C14H21NO.C2H6/c1-3-8-15-10-14(11-15)16-13-7-5-6-12(4-2)9-13;1-2/h5-7,9,14H,3-4,8,10-11H2,1-2H3;1-2H3. The summed E-state index contributed by atoms with van der Waals surface area (Å²) in [7, 11) is 0. The lowest BCUT2D eigenvalue weighted by atomic mass is 10.1. The Morgan fingerprint density at radius 1 is 1.22 bits per heavy atom. The van der Waals surface area contributed by atoms with E-state index in [2.05, 4.69) is 43.0 Å². The number of rotatable bonds is 5. The molecule has 1 saturated heterocycles. The van der Waals surface area contributed by atoms with Crippen LogP contribution in [0.2, 0.25) is 0 Å². The Hall–Kier alpha value is -1.02. The van der Waals surface area contributed by atoms with E-state index in [4.69, 9.17) is 4.74 Å². The molecule has 102 valence electrons. The summed E-state index contributed by atoms with van der Waals surface area (Å²) in [5, 5.41) is 0. The van der Waals surface area contributed by atoms with Crippen molar-refractivity contribution in [3.63, 3.8) is 0 Å². The van der Waals surface area contributed by atoms with Gasteiger partial charge < -0.3 is 4.74 Å². The van der Waals surface area contributed by atoms with Crippen molar-refractivity contribution in [3.8, 4) is 5.75 Å².